The third kappa shape index (κ3) is 2.92. The van der Waals surface area contributed by atoms with Crippen molar-refractivity contribution in [2.24, 2.45) is 5.41 Å². The van der Waals surface area contributed by atoms with Crippen LogP contribution in [0.3, 0.4) is 0 Å². The highest BCUT2D eigenvalue weighted by Crippen LogP contribution is 2.61. The second-order valence-electron chi connectivity index (χ2n) is 10.4. The molecule has 2 aliphatic carbocycles. The van der Waals surface area contributed by atoms with Gasteiger partial charge in [-0.25, -0.2) is 0 Å². The maximum atomic E-state index is 14.1. The first-order valence-corrected chi connectivity index (χ1v) is 13.0. The molecule has 0 aromatic heterocycles. The summed E-state index contributed by atoms with van der Waals surface area (Å²) in [6, 6.07) is 35.9. The van der Waals surface area contributed by atoms with Crippen LogP contribution < -0.4 is 4.90 Å². The Bertz CT molecular complexity index is 1670. The Balaban J connectivity index is 1.66. The minimum absolute atomic E-state index is 0.0656. The Kier molecular flexibility index (Phi) is 4.83. The van der Waals surface area contributed by atoms with E-state index in [1.807, 2.05) is 30.4 Å². The summed E-state index contributed by atoms with van der Waals surface area (Å²) in [6.07, 6.45) is 10.4. The van der Waals surface area contributed by atoms with E-state index in [0.29, 0.717) is 0 Å². The zero-order valence-electron chi connectivity index (χ0n) is 21.3. The minimum atomic E-state index is -0.661. The molecular weight excluding hydrogens is 462 g/mol. The first-order valence-electron chi connectivity index (χ1n) is 13.0. The maximum absolute atomic E-state index is 14.1. The Morgan fingerprint density at radius 3 is 1.89 bits per heavy atom. The lowest BCUT2D eigenvalue weighted by molar-refractivity contribution is 0.103. The van der Waals surface area contributed by atoms with Crippen LogP contribution in [0.25, 0.3) is 0 Å². The van der Waals surface area contributed by atoms with E-state index < -0.39 is 5.41 Å². The lowest BCUT2D eigenvalue weighted by Gasteiger charge is -2.49. The monoisotopic (exact) mass is 489 g/mol. The average Bonchev–Trinajstić information content (AvgIpc) is 3.16. The summed E-state index contributed by atoms with van der Waals surface area (Å²) in [4.78, 5) is 16.4. The average molecular weight is 490 g/mol. The van der Waals surface area contributed by atoms with Crippen molar-refractivity contribution in [1.82, 2.24) is 0 Å². The minimum Gasteiger partial charge on any atom is -0.310 e. The molecule has 1 spiro atoms. The molecule has 1 heterocycles. The SMILES string of the molecule is C=CC1(C)C=CC2=C(C=C1)C1(c3ccccc3C2=O)c2ccccc2N(c2ccccc2)c2ccccc21. The summed E-state index contributed by atoms with van der Waals surface area (Å²) in [5, 5.41) is 0. The number of carbonyl (C=O) groups is 1. The molecule has 0 saturated carbocycles. The standard InChI is InChI=1S/C36H27NO/c1-3-35(2)23-21-27-29(22-24-35)36(28-16-8-7-15-26(28)34(27)38)30-17-9-11-19-32(30)37(25-13-5-4-6-14-25)33-20-12-10-18-31(33)36/h3-24H,1H2,2H3. The molecule has 2 heteroatoms. The van der Waals surface area contributed by atoms with Gasteiger partial charge in [0.15, 0.2) is 5.78 Å². The molecule has 4 aromatic carbocycles. The molecule has 2 nitrogen and oxygen atoms in total. The van der Waals surface area contributed by atoms with E-state index in [0.717, 1.165) is 50.5 Å². The largest absolute Gasteiger partial charge is 0.310 e. The zero-order valence-corrected chi connectivity index (χ0v) is 21.3. The van der Waals surface area contributed by atoms with E-state index in [2.05, 4.69) is 122 Å². The Labute approximate surface area is 223 Å². The number of anilines is 3. The maximum Gasteiger partial charge on any atom is 0.193 e. The fourth-order valence-corrected chi connectivity index (χ4v) is 6.40. The topological polar surface area (TPSA) is 20.3 Å². The quantitative estimate of drug-likeness (QED) is 0.263. The van der Waals surface area contributed by atoms with Crippen molar-refractivity contribution < 1.29 is 4.79 Å². The van der Waals surface area contributed by atoms with Gasteiger partial charge in [-0.3, -0.25) is 4.79 Å². The number of hydrogen-bond donors (Lipinski definition) is 0. The molecule has 38 heavy (non-hydrogen) atoms. The fraction of sp³-hybridized carbons (Fsp3) is 0.0833. The molecule has 0 amide bonds. The molecule has 1 atom stereocenters. The first-order chi connectivity index (χ1) is 18.6. The number of para-hydroxylation sites is 3. The Morgan fingerprint density at radius 1 is 0.684 bits per heavy atom. The van der Waals surface area contributed by atoms with Gasteiger partial charge in [0.1, 0.15) is 0 Å². The van der Waals surface area contributed by atoms with E-state index in [9.17, 15) is 4.79 Å². The highest BCUT2D eigenvalue weighted by atomic mass is 16.1. The molecule has 182 valence electrons. The van der Waals surface area contributed by atoms with Crippen LogP contribution in [0.15, 0.2) is 151 Å². The molecule has 3 aliphatic rings. The van der Waals surface area contributed by atoms with Crippen LogP contribution in [0.4, 0.5) is 17.1 Å². The van der Waals surface area contributed by atoms with Gasteiger partial charge in [0.25, 0.3) is 0 Å². The number of nitrogens with zero attached hydrogens (tertiary/aromatic N) is 1. The first kappa shape index (κ1) is 22.5. The van der Waals surface area contributed by atoms with Gasteiger partial charge in [-0.15, -0.1) is 6.58 Å². The van der Waals surface area contributed by atoms with Gasteiger partial charge in [-0.2, -0.15) is 0 Å². The highest BCUT2D eigenvalue weighted by molar-refractivity contribution is 6.16. The molecule has 0 bridgehead atoms. The van der Waals surface area contributed by atoms with Crippen molar-refractivity contribution in [3.8, 4) is 0 Å². The summed E-state index contributed by atoms with van der Waals surface area (Å²) in [5.74, 6) is 0.0656. The molecular formula is C36H27NO. The van der Waals surface area contributed by atoms with Crippen LogP contribution in [0.5, 0.6) is 0 Å². The van der Waals surface area contributed by atoms with Crippen LogP contribution in [0.2, 0.25) is 0 Å². The molecule has 0 saturated heterocycles. The summed E-state index contributed by atoms with van der Waals surface area (Å²) >= 11 is 0. The third-order valence-corrected chi connectivity index (χ3v) is 8.28. The van der Waals surface area contributed by atoms with Gasteiger partial charge >= 0.3 is 0 Å². The van der Waals surface area contributed by atoms with Gasteiger partial charge in [-0.05, 0) is 53.5 Å². The van der Waals surface area contributed by atoms with Crippen LogP contribution in [-0.4, -0.2) is 5.78 Å². The van der Waals surface area contributed by atoms with Crippen LogP contribution in [0, 0.1) is 5.41 Å². The molecule has 0 N–H and O–H groups in total. The normalized spacial score (nSPS) is 20.3. The number of rotatable bonds is 2. The summed E-state index contributed by atoms with van der Waals surface area (Å²) < 4.78 is 0. The van der Waals surface area contributed by atoms with Crippen molar-refractivity contribution in [2.75, 3.05) is 4.90 Å². The second-order valence-corrected chi connectivity index (χ2v) is 10.4. The van der Waals surface area contributed by atoms with E-state index in [1.54, 1.807) is 0 Å². The lowest BCUT2D eigenvalue weighted by atomic mass is 9.57. The molecule has 7 rings (SSSR count). The van der Waals surface area contributed by atoms with Gasteiger partial charge in [0, 0.05) is 22.2 Å². The number of allylic oxidation sites excluding steroid dienone is 7. The van der Waals surface area contributed by atoms with Crippen molar-refractivity contribution in [2.45, 2.75) is 12.3 Å². The van der Waals surface area contributed by atoms with E-state index in [1.165, 1.54) is 0 Å². The van der Waals surface area contributed by atoms with Crippen LogP contribution in [-0.2, 0) is 5.41 Å². The highest BCUT2D eigenvalue weighted by Gasteiger charge is 2.52. The number of hydrogen-bond acceptors (Lipinski definition) is 2. The van der Waals surface area contributed by atoms with Gasteiger partial charge in [0.2, 0.25) is 0 Å². The second kappa shape index (κ2) is 8.16. The summed E-state index contributed by atoms with van der Waals surface area (Å²) in [7, 11) is 0. The molecule has 4 aromatic rings. The lowest BCUT2D eigenvalue weighted by Crippen LogP contribution is -2.42. The predicted octanol–water partition coefficient (Wildman–Crippen LogP) is 8.62. The smallest absolute Gasteiger partial charge is 0.193 e. The number of fused-ring (bicyclic) bond motifs is 7. The molecule has 1 aliphatic heterocycles. The number of carbonyl (C=O) groups excluding carboxylic acids is 1. The van der Waals surface area contributed by atoms with Crippen LogP contribution in [0.1, 0.15) is 34.0 Å². The van der Waals surface area contributed by atoms with Crippen molar-refractivity contribution in [1.29, 1.82) is 0 Å². The summed E-state index contributed by atoms with van der Waals surface area (Å²) in [5.41, 5.74) is 8.17. The molecule has 0 radical (unpaired) electrons. The third-order valence-electron chi connectivity index (χ3n) is 8.28. The van der Waals surface area contributed by atoms with E-state index in [4.69, 9.17) is 0 Å². The van der Waals surface area contributed by atoms with Crippen molar-refractivity contribution >= 4 is 22.8 Å². The van der Waals surface area contributed by atoms with Gasteiger partial charge in [-0.1, -0.05) is 109 Å². The Morgan fingerprint density at radius 2 is 1.24 bits per heavy atom. The Hall–Kier alpha value is -4.69. The van der Waals surface area contributed by atoms with Crippen molar-refractivity contribution in [3.05, 3.63) is 173 Å². The molecule has 1 unspecified atom stereocenters. The number of ketones is 1. The van der Waals surface area contributed by atoms with E-state index >= 15 is 0 Å². The summed E-state index contributed by atoms with van der Waals surface area (Å²) in [6.45, 7) is 6.20. The number of Topliss-reactive ketones (excluding diaryl/α,β-unsaturated/α-hetero) is 1. The van der Waals surface area contributed by atoms with Gasteiger partial charge < -0.3 is 4.90 Å². The van der Waals surface area contributed by atoms with Gasteiger partial charge in [0.05, 0.1) is 16.8 Å². The fourth-order valence-electron chi connectivity index (χ4n) is 6.40. The predicted molar refractivity (Wildman–Crippen MR) is 155 cm³/mol. The van der Waals surface area contributed by atoms with Crippen LogP contribution >= 0.6 is 0 Å². The molecule has 0 fully saturated rings. The zero-order chi connectivity index (χ0) is 25.9. The van der Waals surface area contributed by atoms with E-state index in [-0.39, 0.29) is 11.2 Å². The number of benzene rings is 4. The van der Waals surface area contributed by atoms with Crippen molar-refractivity contribution in [3.63, 3.8) is 0 Å².